The predicted molar refractivity (Wildman–Crippen MR) is 88.6 cm³/mol. The van der Waals surface area contributed by atoms with E-state index in [4.69, 9.17) is 4.74 Å². The molecule has 1 aliphatic rings. The van der Waals surface area contributed by atoms with Gasteiger partial charge in [0.2, 0.25) is 0 Å². The monoisotopic (exact) mass is 329 g/mol. The molecule has 1 amide bonds. The Bertz CT molecular complexity index is 762. The van der Waals surface area contributed by atoms with Gasteiger partial charge < -0.3 is 15.2 Å². The topological polar surface area (TPSA) is 58.6 Å². The highest BCUT2D eigenvalue weighted by Crippen LogP contribution is 2.36. The minimum atomic E-state index is -1.12. The van der Waals surface area contributed by atoms with Gasteiger partial charge in [0.15, 0.2) is 0 Å². The third-order valence-corrected chi connectivity index (χ3v) is 4.48. The van der Waals surface area contributed by atoms with Crippen molar-refractivity contribution in [2.45, 2.75) is 24.9 Å². The molecule has 2 N–H and O–H groups in total. The van der Waals surface area contributed by atoms with E-state index in [1.54, 1.807) is 13.2 Å². The molecule has 0 bridgehead atoms. The predicted octanol–water partition coefficient (Wildman–Crippen LogP) is 2.79. The van der Waals surface area contributed by atoms with E-state index < -0.39 is 17.3 Å². The molecule has 0 aromatic heterocycles. The molecule has 0 fully saturated rings. The summed E-state index contributed by atoms with van der Waals surface area (Å²) in [6.45, 7) is 0.0850. The Hall–Kier alpha value is -2.40. The number of aryl methyl sites for hydroxylation is 1. The summed E-state index contributed by atoms with van der Waals surface area (Å²) >= 11 is 0. The smallest absolute Gasteiger partial charge is 0.251 e. The number of hydrogen-bond acceptors (Lipinski definition) is 3. The molecule has 2 aromatic carbocycles. The van der Waals surface area contributed by atoms with Crippen molar-refractivity contribution >= 4 is 5.91 Å². The van der Waals surface area contributed by atoms with Gasteiger partial charge in [-0.2, -0.15) is 0 Å². The van der Waals surface area contributed by atoms with Crippen LogP contribution in [0.3, 0.4) is 0 Å². The van der Waals surface area contributed by atoms with Crippen LogP contribution in [0, 0.1) is 5.82 Å². The van der Waals surface area contributed by atoms with Gasteiger partial charge in [-0.1, -0.05) is 12.1 Å². The number of benzene rings is 2. The van der Waals surface area contributed by atoms with Gasteiger partial charge in [-0.3, -0.25) is 4.79 Å². The standard InChI is InChI=1S/C19H20FNO3/c1-24-16-7-8-17-13(11-16)5-3-9-19(17,23)12-21-18(22)14-4-2-6-15(20)10-14/h2,4,6-8,10-11,23H,3,5,9,12H2,1H3,(H,21,22). The molecule has 2 aromatic rings. The normalized spacial score (nSPS) is 19.5. The summed E-state index contributed by atoms with van der Waals surface area (Å²) in [7, 11) is 1.61. The summed E-state index contributed by atoms with van der Waals surface area (Å²) in [5.41, 5.74) is 0.963. The number of halogens is 1. The third-order valence-electron chi connectivity index (χ3n) is 4.48. The summed E-state index contributed by atoms with van der Waals surface area (Å²) in [6, 6.07) is 11.1. The number of carbonyl (C=O) groups excluding carboxylic acids is 1. The minimum absolute atomic E-state index is 0.0850. The van der Waals surface area contributed by atoms with Crippen molar-refractivity contribution in [1.29, 1.82) is 0 Å². The first-order valence-corrected chi connectivity index (χ1v) is 7.95. The van der Waals surface area contributed by atoms with E-state index in [1.807, 2.05) is 18.2 Å². The number of aliphatic hydroxyl groups is 1. The van der Waals surface area contributed by atoms with Gasteiger partial charge in [0.1, 0.15) is 17.2 Å². The lowest BCUT2D eigenvalue weighted by Gasteiger charge is -2.35. The zero-order valence-electron chi connectivity index (χ0n) is 13.5. The van der Waals surface area contributed by atoms with E-state index >= 15 is 0 Å². The summed E-state index contributed by atoms with van der Waals surface area (Å²) < 4.78 is 18.5. The van der Waals surface area contributed by atoms with E-state index in [1.165, 1.54) is 18.2 Å². The number of nitrogens with one attached hydrogen (secondary N) is 1. The Balaban J connectivity index is 1.77. The third kappa shape index (κ3) is 3.26. The molecule has 126 valence electrons. The Morgan fingerprint density at radius 3 is 2.92 bits per heavy atom. The summed E-state index contributed by atoms with van der Waals surface area (Å²) in [6.07, 6.45) is 2.26. The van der Waals surface area contributed by atoms with E-state index in [2.05, 4.69) is 5.32 Å². The number of hydrogen-bond donors (Lipinski definition) is 2. The van der Waals surface area contributed by atoms with Gasteiger partial charge in [-0.15, -0.1) is 0 Å². The molecule has 5 heteroatoms. The lowest BCUT2D eigenvalue weighted by molar-refractivity contribution is 0.0189. The molecule has 1 unspecified atom stereocenters. The van der Waals surface area contributed by atoms with E-state index in [0.29, 0.717) is 6.42 Å². The second kappa shape index (κ2) is 6.61. The maximum absolute atomic E-state index is 13.2. The summed E-state index contributed by atoms with van der Waals surface area (Å²) in [5.74, 6) is -0.109. The Labute approximate surface area is 140 Å². The summed E-state index contributed by atoms with van der Waals surface area (Å²) in [4.78, 5) is 12.2. The van der Waals surface area contributed by atoms with Crippen LogP contribution in [-0.4, -0.2) is 24.7 Å². The van der Waals surface area contributed by atoms with Gasteiger partial charge in [0.25, 0.3) is 5.91 Å². The van der Waals surface area contributed by atoms with Crippen LogP contribution >= 0.6 is 0 Å². The van der Waals surface area contributed by atoms with Crippen molar-refractivity contribution in [3.63, 3.8) is 0 Å². The van der Waals surface area contributed by atoms with Crippen molar-refractivity contribution in [3.05, 3.63) is 65.0 Å². The first-order valence-electron chi connectivity index (χ1n) is 7.95. The van der Waals surface area contributed by atoms with E-state index in [0.717, 1.165) is 29.7 Å². The lowest BCUT2D eigenvalue weighted by Crippen LogP contribution is -2.43. The molecule has 24 heavy (non-hydrogen) atoms. The highest BCUT2D eigenvalue weighted by atomic mass is 19.1. The molecule has 0 saturated carbocycles. The van der Waals surface area contributed by atoms with Crippen LogP contribution in [0.25, 0.3) is 0 Å². The number of carbonyl (C=O) groups is 1. The van der Waals surface area contributed by atoms with Gasteiger partial charge in [-0.25, -0.2) is 4.39 Å². The zero-order valence-corrected chi connectivity index (χ0v) is 13.5. The van der Waals surface area contributed by atoms with Gasteiger partial charge in [0, 0.05) is 5.56 Å². The zero-order chi connectivity index (χ0) is 17.2. The molecule has 0 aliphatic heterocycles. The van der Waals surface area contributed by atoms with Crippen LogP contribution < -0.4 is 10.1 Å². The molecule has 0 saturated heterocycles. The number of amides is 1. The first kappa shape index (κ1) is 16.5. The lowest BCUT2D eigenvalue weighted by atomic mass is 9.79. The van der Waals surface area contributed by atoms with Crippen LogP contribution in [0.1, 0.15) is 34.3 Å². The Morgan fingerprint density at radius 2 is 2.17 bits per heavy atom. The van der Waals surface area contributed by atoms with Crippen LogP contribution in [0.15, 0.2) is 42.5 Å². The second-order valence-corrected chi connectivity index (χ2v) is 6.10. The summed E-state index contributed by atoms with van der Waals surface area (Å²) in [5, 5.41) is 13.7. The van der Waals surface area contributed by atoms with Crippen molar-refractivity contribution in [2.24, 2.45) is 0 Å². The molecular weight excluding hydrogens is 309 g/mol. The molecule has 0 spiro atoms. The fraction of sp³-hybridized carbons (Fsp3) is 0.316. The maximum Gasteiger partial charge on any atom is 0.251 e. The average molecular weight is 329 g/mol. The van der Waals surface area contributed by atoms with Crippen LogP contribution in [0.5, 0.6) is 5.75 Å². The largest absolute Gasteiger partial charge is 0.497 e. The van der Waals surface area contributed by atoms with E-state index in [-0.39, 0.29) is 12.1 Å². The van der Waals surface area contributed by atoms with Crippen LogP contribution in [0.2, 0.25) is 0 Å². The first-order chi connectivity index (χ1) is 11.5. The average Bonchev–Trinajstić information content (AvgIpc) is 2.59. The highest BCUT2D eigenvalue weighted by molar-refractivity contribution is 5.94. The van der Waals surface area contributed by atoms with Gasteiger partial charge in [0.05, 0.1) is 13.7 Å². The number of ether oxygens (including phenoxy) is 1. The van der Waals surface area contributed by atoms with Crippen molar-refractivity contribution in [2.75, 3.05) is 13.7 Å². The van der Waals surface area contributed by atoms with Gasteiger partial charge in [-0.05, 0) is 60.7 Å². The molecule has 1 aliphatic carbocycles. The molecule has 3 rings (SSSR count). The van der Waals surface area contributed by atoms with Crippen LogP contribution in [0.4, 0.5) is 4.39 Å². The van der Waals surface area contributed by atoms with Gasteiger partial charge >= 0.3 is 0 Å². The molecule has 1 atom stereocenters. The highest BCUT2D eigenvalue weighted by Gasteiger charge is 2.34. The maximum atomic E-state index is 13.2. The van der Waals surface area contributed by atoms with Crippen molar-refractivity contribution < 1.29 is 19.0 Å². The minimum Gasteiger partial charge on any atom is -0.497 e. The van der Waals surface area contributed by atoms with Crippen LogP contribution in [-0.2, 0) is 12.0 Å². The molecular formula is C19H20FNO3. The Morgan fingerprint density at radius 1 is 1.33 bits per heavy atom. The van der Waals surface area contributed by atoms with E-state index in [9.17, 15) is 14.3 Å². The quantitative estimate of drug-likeness (QED) is 0.907. The Kier molecular flexibility index (Phi) is 4.53. The molecule has 4 nitrogen and oxygen atoms in total. The number of methoxy groups -OCH3 is 1. The van der Waals surface area contributed by atoms with Crippen molar-refractivity contribution in [1.82, 2.24) is 5.32 Å². The number of fused-ring (bicyclic) bond motifs is 1. The fourth-order valence-electron chi connectivity index (χ4n) is 3.21. The SMILES string of the molecule is COc1ccc2c(c1)CCCC2(O)CNC(=O)c1cccc(F)c1. The van der Waals surface area contributed by atoms with Crippen molar-refractivity contribution in [3.8, 4) is 5.75 Å². The molecule has 0 heterocycles. The fourth-order valence-corrected chi connectivity index (χ4v) is 3.21. The number of rotatable bonds is 4. The molecule has 0 radical (unpaired) electrons. The second-order valence-electron chi connectivity index (χ2n) is 6.10.